The Hall–Kier alpha value is -4.99. The number of carbonyl (C=O) groups excluding carboxylic acids is 3. The van der Waals surface area contributed by atoms with E-state index in [0.717, 1.165) is 82.9 Å². The van der Waals surface area contributed by atoms with Crippen LogP contribution in [0.1, 0.15) is 102 Å². The number of fused-ring (bicyclic) bond motifs is 2. The van der Waals surface area contributed by atoms with Crippen molar-refractivity contribution in [2.45, 2.75) is 89.3 Å². The molecule has 4 aromatic carbocycles. The molecule has 3 amide bonds. The molecule has 0 aromatic heterocycles. The van der Waals surface area contributed by atoms with Crippen molar-refractivity contribution in [1.29, 1.82) is 0 Å². The molecule has 9 nitrogen and oxygen atoms in total. The Kier molecular flexibility index (Phi) is 11.1. The van der Waals surface area contributed by atoms with Gasteiger partial charge in [-0.15, -0.1) is 0 Å². The molecule has 308 valence electrons. The number of hydrogen-bond donors (Lipinski definition) is 1. The molecule has 3 fully saturated rings. The average Bonchev–Trinajstić information content (AvgIpc) is 3.36. The minimum Gasteiger partial charge on any atom is -0.488 e. The molecule has 0 radical (unpaired) electrons. The fraction of sp³-hybridized carbons (Fsp3) is 0.460. The van der Waals surface area contributed by atoms with Crippen LogP contribution in [0.3, 0.4) is 0 Å². The number of benzene rings is 4. The second-order valence-corrected chi connectivity index (χ2v) is 18.6. The monoisotopic (exact) mass is 793 g/mol. The van der Waals surface area contributed by atoms with E-state index in [9.17, 15) is 14.4 Å². The largest absolute Gasteiger partial charge is 0.488 e. The fourth-order valence-corrected chi connectivity index (χ4v) is 10.3. The van der Waals surface area contributed by atoms with Gasteiger partial charge >= 0.3 is 0 Å². The molecule has 1 N–H and O–H groups in total. The van der Waals surface area contributed by atoms with Gasteiger partial charge in [-0.25, -0.2) is 0 Å². The van der Waals surface area contributed by atoms with Crippen LogP contribution in [0.2, 0.25) is 0 Å². The third-order valence-electron chi connectivity index (χ3n) is 13.3. The normalized spacial score (nSPS) is 23.0. The first-order valence-electron chi connectivity index (χ1n) is 22.0. The minimum atomic E-state index is -0.575. The van der Waals surface area contributed by atoms with E-state index < -0.39 is 6.04 Å². The molecular weight excluding hydrogens is 735 g/mol. The zero-order valence-corrected chi connectivity index (χ0v) is 35.0. The van der Waals surface area contributed by atoms with E-state index in [1.54, 1.807) is 4.90 Å². The number of nitrogens with one attached hydrogen (secondary N) is 1. The lowest BCUT2D eigenvalue weighted by Gasteiger charge is -2.43. The number of amides is 3. The summed E-state index contributed by atoms with van der Waals surface area (Å²) in [5, 5.41) is 2.39. The first kappa shape index (κ1) is 39.5. The number of rotatable bonds is 10. The molecule has 4 heterocycles. The van der Waals surface area contributed by atoms with Crippen LogP contribution in [0.4, 0.5) is 5.69 Å². The Morgan fingerprint density at radius 3 is 2.32 bits per heavy atom. The predicted molar refractivity (Wildman–Crippen MR) is 232 cm³/mol. The number of carbonyl (C=O) groups is 3. The van der Waals surface area contributed by atoms with E-state index >= 15 is 0 Å². The van der Waals surface area contributed by atoms with Crippen molar-refractivity contribution < 1.29 is 19.1 Å². The summed E-state index contributed by atoms with van der Waals surface area (Å²) >= 11 is 0. The first-order chi connectivity index (χ1) is 28.5. The van der Waals surface area contributed by atoms with E-state index in [0.29, 0.717) is 36.3 Å². The lowest BCUT2D eigenvalue weighted by Crippen LogP contribution is -2.52. The molecule has 59 heavy (non-hydrogen) atoms. The highest BCUT2D eigenvalue weighted by atomic mass is 16.5. The Morgan fingerprint density at radius 2 is 1.54 bits per heavy atom. The number of ether oxygens (including phenoxy) is 1. The van der Waals surface area contributed by atoms with E-state index in [1.165, 1.54) is 39.9 Å². The topological polar surface area (TPSA) is 85.4 Å². The maximum Gasteiger partial charge on any atom is 0.255 e. The van der Waals surface area contributed by atoms with Crippen LogP contribution in [0.15, 0.2) is 91.0 Å². The third kappa shape index (κ3) is 8.69. The molecule has 0 bridgehead atoms. The molecule has 3 saturated heterocycles. The van der Waals surface area contributed by atoms with Gasteiger partial charge in [0.25, 0.3) is 5.91 Å². The van der Waals surface area contributed by atoms with Gasteiger partial charge in [-0.2, -0.15) is 0 Å². The van der Waals surface area contributed by atoms with Gasteiger partial charge in [0.05, 0.1) is 0 Å². The summed E-state index contributed by atoms with van der Waals surface area (Å²) < 4.78 is 6.27. The summed E-state index contributed by atoms with van der Waals surface area (Å²) in [5.74, 6) is 1.66. The van der Waals surface area contributed by atoms with Gasteiger partial charge in [-0.1, -0.05) is 60.7 Å². The van der Waals surface area contributed by atoms with Gasteiger partial charge in [-0.3, -0.25) is 19.7 Å². The molecule has 0 spiro atoms. The molecular formula is C50H59N5O4. The summed E-state index contributed by atoms with van der Waals surface area (Å²) in [6.07, 6.45) is 4.95. The van der Waals surface area contributed by atoms with Crippen molar-refractivity contribution in [3.63, 3.8) is 0 Å². The lowest BCUT2D eigenvalue weighted by atomic mass is 9.69. The highest BCUT2D eigenvalue weighted by Gasteiger charge is 2.39. The highest BCUT2D eigenvalue weighted by molar-refractivity contribution is 6.05. The summed E-state index contributed by atoms with van der Waals surface area (Å²) in [5.41, 5.74) is 9.65. The average molecular weight is 794 g/mol. The van der Waals surface area contributed by atoms with Gasteiger partial charge in [-0.05, 0) is 136 Å². The van der Waals surface area contributed by atoms with Gasteiger partial charge in [0.15, 0.2) is 0 Å². The first-order valence-corrected chi connectivity index (χ1v) is 22.0. The highest BCUT2D eigenvalue weighted by Crippen LogP contribution is 2.47. The Balaban J connectivity index is 0.765. The van der Waals surface area contributed by atoms with Crippen molar-refractivity contribution in [1.82, 2.24) is 20.0 Å². The zero-order valence-electron chi connectivity index (χ0n) is 35.0. The predicted octanol–water partition coefficient (Wildman–Crippen LogP) is 7.17. The van der Waals surface area contributed by atoms with E-state index in [2.05, 4.69) is 126 Å². The quantitative estimate of drug-likeness (QED) is 0.171. The number of hydrogen-bond acceptors (Lipinski definition) is 7. The van der Waals surface area contributed by atoms with Crippen LogP contribution in [0, 0.1) is 5.92 Å². The Morgan fingerprint density at radius 1 is 0.763 bits per heavy atom. The van der Waals surface area contributed by atoms with Crippen molar-refractivity contribution >= 4 is 23.4 Å². The second-order valence-electron chi connectivity index (χ2n) is 18.6. The maximum absolute atomic E-state index is 13.1. The molecule has 0 saturated carbocycles. The number of aryl methyl sites for hydroxylation is 1. The van der Waals surface area contributed by atoms with E-state index in [1.807, 2.05) is 6.07 Å². The summed E-state index contributed by atoms with van der Waals surface area (Å²) in [7, 11) is 0. The molecule has 4 aromatic rings. The van der Waals surface area contributed by atoms with Crippen molar-refractivity contribution in [3.05, 3.63) is 130 Å². The second kappa shape index (κ2) is 16.6. The minimum absolute atomic E-state index is 0.110. The SMILES string of the molecule is CC(C)(C)Oc1ccc2c(c1)CC[C@H](c1ccccc1)[C@@H]2c1ccc(N2CC(CN3CCCN(CCc4ccc5c(c4)CN([C@H]4CCC(=O)NC4=O)C5=O)CC3)C2)cc1. The Bertz CT molecular complexity index is 2180. The number of nitrogens with zero attached hydrogens (tertiary/aromatic N) is 4. The van der Waals surface area contributed by atoms with Crippen molar-refractivity contribution in [3.8, 4) is 5.75 Å². The van der Waals surface area contributed by atoms with Gasteiger partial charge in [0.2, 0.25) is 11.8 Å². The maximum atomic E-state index is 13.1. The van der Waals surface area contributed by atoms with Crippen LogP contribution in [-0.4, -0.2) is 96.4 Å². The Labute approximate surface area is 349 Å². The van der Waals surface area contributed by atoms with E-state index in [4.69, 9.17) is 4.74 Å². The number of anilines is 1. The summed E-state index contributed by atoms with van der Waals surface area (Å²) in [4.78, 5) is 46.7. The summed E-state index contributed by atoms with van der Waals surface area (Å²) in [6, 6.07) is 32.9. The van der Waals surface area contributed by atoms with Crippen LogP contribution in [-0.2, 0) is 29.0 Å². The molecule has 5 aliphatic rings. The van der Waals surface area contributed by atoms with Crippen molar-refractivity contribution in [2.75, 3.05) is 57.3 Å². The van der Waals surface area contributed by atoms with Crippen LogP contribution in [0.5, 0.6) is 5.75 Å². The van der Waals surface area contributed by atoms with Gasteiger partial charge in [0.1, 0.15) is 17.4 Å². The summed E-state index contributed by atoms with van der Waals surface area (Å²) in [6.45, 7) is 15.6. The number of piperidine rings is 1. The molecule has 1 aliphatic carbocycles. The lowest BCUT2D eigenvalue weighted by molar-refractivity contribution is -0.136. The van der Waals surface area contributed by atoms with Gasteiger partial charge in [0, 0.05) is 75.3 Å². The van der Waals surface area contributed by atoms with Gasteiger partial charge < -0.3 is 24.3 Å². The molecule has 3 atom stereocenters. The number of imide groups is 1. The van der Waals surface area contributed by atoms with E-state index in [-0.39, 0.29) is 29.7 Å². The molecule has 9 heteroatoms. The molecule has 0 unspecified atom stereocenters. The van der Waals surface area contributed by atoms with Crippen LogP contribution < -0.4 is 15.0 Å². The van der Waals surface area contributed by atoms with Crippen molar-refractivity contribution in [2.24, 2.45) is 5.92 Å². The molecule has 9 rings (SSSR count). The molecule has 4 aliphatic heterocycles. The zero-order chi connectivity index (χ0) is 40.7. The standard InChI is InChI=1S/C50H59N5O4/c1-50(2,3)59-41-16-19-43-38(29-41)13-18-42(36-8-5-4-6-9-36)47(43)37-11-14-40(15-12-37)54-31-35(32-54)30-53-24-7-23-52(26-27-53)25-22-34-10-17-44-39(28-34)33-55(49(44)58)45-20-21-46(56)51-48(45)57/h4-6,8-12,14-17,19,28-29,35,42,45,47H,7,13,18,20-27,30-33H2,1-3H3,(H,51,56,57)/t42-,45+,47+/m1/s1. The third-order valence-corrected chi connectivity index (χ3v) is 13.3. The smallest absolute Gasteiger partial charge is 0.255 e. The van der Waals surface area contributed by atoms with Crippen LogP contribution >= 0.6 is 0 Å². The van der Waals surface area contributed by atoms with Crippen LogP contribution in [0.25, 0.3) is 0 Å². The fourth-order valence-electron chi connectivity index (χ4n) is 10.3.